The molecule has 0 bridgehead atoms. The van der Waals surface area contributed by atoms with Crippen molar-refractivity contribution in [1.82, 2.24) is 9.97 Å². The van der Waals surface area contributed by atoms with E-state index in [-0.39, 0.29) is 19.0 Å². The first-order valence-corrected chi connectivity index (χ1v) is 12.0. The van der Waals surface area contributed by atoms with Crippen LogP contribution in [0.1, 0.15) is 24.0 Å². The number of hydrogen-bond donors (Lipinski definition) is 2. The van der Waals surface area contributed by atoms with Crippen LogP contribution < -0.4 is 20.1 Å². The van der Waals surface area contributed by atoms with Crippen molar-refractivity contribution in [3.8, 4) is 11.5 Å². The van der Waals surface area contributed by atoms with E-state index in [9.17, 15) is 4.79 Å². The van der Waals surface area contributed by atoms with Gasteiger partial charge in [0.05, 0.1) is 26.7 Å². The molecular weight excluding hydrogens is 468 g/mol. The van der Waals surface area contributed by atoms with E-state index in [1.54, 1.807) is 45.5 Å². The molecule has 190 valence electrons. The Kier molecular flexibility index (Phi) is 8.54. The van der Waals surface area contributed by atoms with E-state index < -0.39 is 5.92 Å². The zero-order chi connectivity index (χ0) is 26.0. The second-order valence-corrected chi connectivity index (χ2v) is 8.17. The summed E-state index contributed by atoms with van der Waals surface area (Å²) in [5.74, 6) is 1.16. The molecule has 0 amide bonds. The van der Waals surface area contributed by atoms with Crippen molar-refractivity contribution in [2.45, 2.75) is 19.3 Å². The van der Waals surface area contributed by atoms with Crippen molar-refractivity contribution >= 4 is 29.1 Å². The second-order valence-electron chi connectivity index (χ2n) is 8.17. The lowest BCUT2D eigenvalue weighted by Gasteiger charge is -2.21. The molecule has 0 spiro atoms. The number of hydrogen-bond acceptors (Lipinski definition) is 8. The summed E-state index contributed by atoms with van der Waals surface area (Å²) < 4.78 is 16.5. The van der Waals surface area contributed by atoms with Gasteiger partial charge in [0.25, 0.3) is 0 Å². The summed E-state index contributed by atoms with van der Waals surface area (Å²) in [6.45, 7) is 2.04. The molecule has 2 N–H and O–H groups in total. The highest BCUT2D eigenvalue weighted by molar-refractivity contribution is 5.80. The first kappa shape index (κ1) is 25.5. The van der Waals surface area contributed by atoms with Gasteiger partial charge in [-0.2, -0.15) is 4.98 Å². The molecule has 0 aliphatic heterocycles. The van der Waals surface area contributed by atoms with Crippen molar-refractivity contribution in [3.63, 3.8) is 0 Å². The fraction of sp³-hybridized carbons (Fsp3) is 0.207. The van der Waals surface area contributed by atoms with E-state index >= 15 is 0 Å². The first-order chi connectivity index (χ1) is 18.1. The molecule has 1 unspecified atom stereocenters. The fourth-order valence-electron chi connectivity index (χ4n) is 3.93. The maximum Gasteiger partial charge on any atom is 0.313 e. The van der Waals surface area contributed by atoms with Crippen molar-refractivity contribution < 1.29 is 19.0 Å². The van der Waals surface area contributed by atoms with Crippen LogP contribution in [0, 0.1) is 0 Å². The minimum atomic E-state index is -0.669. The number of ether oxygens (including phenoxy) is 3. The number of methoxy groups -OCH3 is 2. The molecule has 0 radical (unpaired) electrons. The first-order valence-electron chi connectivity index (χ1n) is 12.0. The summed E-state index contributed by atoms with van der Waals surface area (Å²) in [5, 5.41) is 6.61. The van der Waals surface area contributed by atoms with Gasteiger partial charge in [0.15, 0.2) is 0 Å². The van der Waals surface area contributed by atoms with Crippen LogP contribution in [0.15, 0.2) is 85.1 Å². The van der Waals surface area contributed by atoms with Crippen LogP contribution in [0.4, 0.5) is 23.1 Å². The molecule has 3 aromatic carbocycles. The third kappa shape index (κ3) is 6.55. The van der Waals surface area contributed by atoms with Gasteiger partial charge in [-0.3, -0.25) is 4.79 Å². The zero-order valence-corrected chi connectivity index (χ0v) is 21.1. The lowest BCUT2D eigenvalue weighted by Crippen LogP contribution is -2.20. The molecule has 1 heterocycles. The van der Waals surface area contributed by atoms with Gasteiger partial charge < -0.3 is 24.8 Å². The van der Waals surface area contributed by atoms with Gasteiger partial charge in [-0.1, -0.05) is 36.4 Å². The topological polar surface area (TPSA) is 94.6 Å². The lowest BCUT2D eigenvalue weighted by molar-refractivity contribution is -0.145. The third-order valence-electron chi connectivity index (χ3n) is 5.74. The molecule has 0 fully saturated rings. The van der Waals surface area contributed by atoms with E-state index in [0.717, 1.165) is 16.9 Å². The van der Waals surface area contributed by atoms with Crippen LogP contribution in [0.5, 0.6) is 11.5 Å². The monoisotopic (exact) mass is 498 g/mol. The number of rotatable bonds is 11. The van der Waals surface area contributed by atoms with E-state index in [2.05, 4.69) is 15.6 Å². The van der Waals surface area contributed by atoms with E-state index in [4.69, 9.17) is 19.2 Å². The number of carbonyl (C=O) groups is 1. The summed E-state index contributed by atoms with van der Waals surface area (Å²) in [5.41, 5.74) is 3.13. The Hall–Kier alpha value is -4.59. The van der Waals surface area contributed by atoms with E-state index in [1.165, 1.54) is 0 Å². The summed E-state index contributed by atoms with van der Waals surface area (Å²) in [6, 6.07) is 24.8. The van der Waals surface area contributed by atoms with Crippen LogP contribution >= 0.6 is 0 Å². The Morgan fingerprint density at radius 2 is 1.57 bits per heavy atom. The van der Waals surface area contributed by atoms with Gasteiger partial charge in [0, 0.05) is 28.7 Å². The average Bonchev–Trinajstić information content (AvgIpc) is 2.93. The molecule has 4 rings (SSSR count). The van der Waals surface area contributed by atoms with Crippen molar-refractivity contribution in [2.75, 3.05) is 31.5 Å². The Balaban J connectivity index is 1.74. The predicted molar refractivity (Wildman–Crippen MR) is 144 cm³/mol. The number of aromatic nitrogens is 2. The number of benzene rings is 3. The quantitative estimate of drug-likeness (QED) is 0.248. The number of nitrogens with one attached hydrogen (secondary N) is 2. The highest BCUT2D eigenvalue weighted by atomic mass is 16.5. The van der Waals surface area contributed by atoms with E-state index in [1.807, 2.05) is 60.7 Å². The number of para-hydroxylation sites is 2. The molecule has 8 nitrogen and oxygen atoms in total. The fourth-order valence-corrected chi connectivity index (χ4v) is 3.93. The molecule has 1 aromatic heterocycles. The maximum absolute atomic E-state index is 13.2. The van der Waals surface area contributed by atoms with Crippen molar-refractivity contribution in [3.05, 3.63) is 96.2 Å². The predicted octanol–water partition coefficient (Wildman–Crippen LogP) is 5.87. The molecule has 0 saturated carbocycles. The summed E-state index contributed by atoms with van der Waals surface area (Å²) >= 11 is 0. The maximum atomic E-state index is 13.2. The summed E-state index contributed by atoms with van der Waals surface area (Å²) in [6.07, 6.45) is 2.01. The highest BCUT2D eigenvalue weighted by Gasteiger charge is 2.28. The molecule has 0 aliphatic rings. The summed E-state index contributed by atoms with van der Waals surface area (Å²) in [7, 11) is 3.15. The summed E-state index contributed by atoms with van der Waals surface area (Å²) in [4.78, 5) is 22.5. The Bertz CT molecular complexity index is 1320. The standard InChI is InChI=1S/C29H30N4O4/c1-4-37-28(34)25(24-18-23(35-2)15-16-26(24)36-3)17-20-19-30-29(32-22-13-9-6-10-14-22)33-27(20)31-21-11-7-5-8-12-21/h5-16,18-19,25H,4,17H2,1-3H3,(H2,30,31,32,33). The highest BCUT2D eigenvalue weighted by Crippen LogP contribution is 2.35. The number of nitrogens with zero attached hydrogens (tertiary/aromatic N) is 2. The largest absolute Gasteiger partial charge is 0.497 e. The normalized spacial score (nSPS) is 11.3. The average molecular weight is 499 g/mol. The molecule has 1 atom stereocenters. The minimum Gasteiger partial charge on any atom is -0.497 e. The Morgan fingerprint density at radius 3 is 2.19 bits per heavy atom. The number of esters is 1. The van der Waals surface area contributed by atoms with Gasteiger partial charge in [-0.15, -0.1) is 0 Å². The minimum absolute atomic E-state index is 0.257. The lowest BCUT2D eigenvalue weighted by atomic mass is 9.91. The molecule has 37 heavy (non-hydrogen) atoms. The molecule has 0 aliphatic carbocycles. The molecular formula is C29H30N4O4. The van der Waals surface area contributed by atoms with Crippen LogP contribution in [-0.2, 0) is 16.0 Å². The number of anilines is 4. The smallest absolute Gasteiger partial charge is 0.313 e. The Morgan fingerprint density at radius 1 is 0.892 bits per heavy atom. The molecule has 0 saturated heterocycles. The van der Waals surface area contributed by atoms with Gasteiger partial charge in [0.1, 0.15) is 17.3 Å². The van der Waals surface area contributed by atoms with Crippen molar-refractivity contribution in [1.29, 1.82) is 0 Å². The van der Waals surface area contributed by atoms with Crippen LogP contribution in [0.25, 0.3) is 0 Å². The van der Waals surface area contributed by atoms with Crippen LogP contribution in [0.3, 0.4) is 0 Å². The SMILES string of the molecule is CCOC(=O)C(Cc1cnc(Nc2ccccc2)nc1Nc1ccccc1)c1cc(OC)ccc1OC. The third-order valence-corrected chi connectivity index (χ3v) is 5.74. The molecule has 8 heteroatoms. The Labute approximate surface area is 216 Å². The van der Waals surface area contributed by atoms with Gasteiger partial charge >= 0.3 is 5.97 Å². The van der Waals surface area contributed by atoms with Gasteiger partial charge in [0.2, 0.25) is 5.95 Å². The van der Waals surface area contributed by atoms with Gasteiger partial charge in [-0.05, 0) is 55.8 Å². The van der Waals surface area contributed by atoms with Crippen LogP contribution in [0.2, 0.25) is 0 Å². The number of carbonyl (C=O) groups excluding carboxylic acids is 1. The zero-order valence-electron chi connectivity index (χ0n) is 21.1. The van der Waals surface area contributed by atoms with E-state index in [0.29, 0.717) is 28.8 Å². The van der Waals surface area contributed by atoms with Gasteiger partial charge in [-0.25, -0.2) is 4.98 Å². The van der Waals surface area contributed by atoms with Crippen molar-refractivity contribution in [2.24, 2.45) is 0 Å². The van der Waals surface area contributed by atoms with Crippen LogP contribution in [-0.4, -0.2) is 36.8 Å². The second kappa shape index (κ2) is 12.4. The molecule has 4 aromatic rings.